The molecular weight excluding hydrogens is 299 g/mol. The summed E-state index contributed by atoms with van der Waals surface area (Å²) in [5, 5.41) is 0. The molecule has 2 aliphatic rings. The van der Waals surface area contributed by atoms with Crippen molar-refractivity contribution in [3.05, 3.63) is 43.2 Å². The van der Waals surface area contributed by atoms with E-state index < -0.39 is 17.4 Å². The molecule has 0 saturated heterocycles. The molecule has 0 bridgehead atoms. The van der Waals surface area contributed by atoms with Gasteiger partial charge in [0.05, 0.1) is 0 Å². The third-order valence-electron chi connectivity index (χ3n) is 3.44. The Labute approximate surface area is 129 Å². The molecule has 98 valence electrons. The minimum Gasteiger partial charge on any atom is -1.00 e. The van der Waals surface area contributed by atoms with Crippen LogP contribution in [0.5, 0.6) is 0 Å². The third kappa shape index (κ3) is 3.57. The summed E-state index contributed by atoms with van der Waals surface area (Å²) >= 11 is -1.29. The van der Waals surface area contributed by atoms with Crippen LogP contribution in [0.25, 0.3) is 0 Å². The number of hydrogen-bond acceptors (Lipinski definition) is 0. The Hall–Kier alpha value is 0.124. The van der Waals surface area contributed by atoms with Gasteiger partial charge in [0.15, 0.2) is 0 Å². The van der Waals surface area contributed by atoms with Gasteiger partial charge in [-0.25, -0.2) is 0 Å². The first kappa shape index (κ1) is 18.1. The van der Waals surface area contributed by atoms with Crippen molar-refractivity contribution in [3.8, 4) is 0 Å². The molecule has 0 saturated carbocycles. The summed E-state index contributed by atoms with van der Waals surface area (Å²) in [7, 11) is 0. The first-order valence-corrected chi connectivity index (χ1v) is 8.36. The van der Waals surface area contributed by atoms with E-state index in [9.17, 15) is 0 Å². The average Bonchev–Trinajstić information content (AvgIpc) is 2.79. The van der Waals surface area contributed by atoms with Gasteiger partial charge in [0, 0.05) is 0 Å². The molecule has 2 aliphatic carbocycles. The predicted molar refractivity (Wildman–Crippen MR) is 69.3 cm³/mol. The van der Waals surface area contributed by atoms with Crippen molar-refractivity contribution in [1.82, 2.24) is 0 Å². The fourth-order valence-electron chi connectivity index (χ4n) is 2.61. The van der Waals surface area contributed by atoms with Crippen LogP contribution in [0.3, 0.4) is 0 Å². The molecule has 0 N–H and O–H groups in total. The molecule has 0 aromatic rings. The Balaban J connectivity index is 0.00000144. The van der Waals surface area contributed by atoms with Crippen molar-refractivity contribution < 1.29 is 42.2 Å². The smallest absolute Gasteiger partial charge is 1.00 e. The minimum absolute atomic E-state index is 0. The van der Waals surface area contributed by atoms with Crippen LogP contribution in [0.2, 0.25) is 0 Å². The topological polar surface area (TPSA) is 0 Å². The van der Waals surface area contributed by atoms with Gasteiger partial charge in [-0.05, 0) is 0 Å². The normalized spacial score (nSPS) is 16.4. The van der Waals surface area contributed by atoms with Crippen molar-refractivity contribution in [1.29, 1.82) is 0 Å². The average molecular weight is 319 g/mol. The van der Waals surface area contributed by atoms with Crippen molar-refractivity contribution in [2.45, 2.75) is 40.5 Å². The maximum atomic E-state index is 2.34. The van der Waals surface area contributed by atoms with Gasteiger partial charge in [-0.15, -0.1) is 0 Å². The maximum absolute atomic E-state index is 2.34. The summed E-state index contributed by atoms with van der Waals surface area (Å²) in [6.07, 6.45) is 11.7. The van der Waals surface area contributed by atoms with E-state index >= 15 is 0 Å². The summed E-state index contributed by atoms with van der Waals surface area (Å²) < 4.78 is 5.24. The van der Waals surface area contributed by atoms with E-state index in [0.717, 1.165) is 0 Å². The quantitative estimate of drug-likeness (QED) is 0.532. The number of halogens is 2. The van der Waals surface area contributed by atoms with Crippen molar-refractivity contribution in [2.24, 2.45) is 0 Å². The first-order valence-electron chi connectivity index (χ1n) is 6.02. The van der Waals surface area contributed by atoms with Gasteiger partial charge in [-0.2, -0.15) is 0 Å². The molecule has 0 nitrogen and oxygen atoms in total. The van der Waals surface area contributed by atoms with Gasteiger partial charge in [0.2, 0.25) is 0 Å². The third-order valence-corrected chi connectivity index (χ3v) is 8.75. The zero-order valence-electron chi connectivity index (χ0n) is 11.5. The Bertz CT molecular complexity index is 435. The minimum atomic E-state index is -1.29. The maximum Gasteiger partial charge on any atom is -1.00 e. The molecule has 0 aliphatic heterocycles. The largest absolute Gasteiger partial charge is 1.00 e. The molecule has 0 heterocycles. The van der Waals surface area contributed by atoms with Crippen LogP contribution in [-0.2, 0) is 17.4 Å². The Morgan fingerprint density at radius 2 is 1.28 bits per heavy atom. The van der Waals surface area contributed by atoms with Gasteiger partial charge in [-0.1, -0.05) is 0 Å². The summed E-state index contributed by atoms with van der Waals surface area (Å²) in [5.41, 5.74) is 3.09. The second kappa shape index (κ2) is 7.65. The van der Waals surface area contributed by atoms with E-state index in [1.54, 1.807) is 22.7 Å². The van der Waals surface area contributed by atoms with Crippen LogP contribution in [0, 0.1) is 0 Å². The van der Waals surface area contributed by atoms with Crippen LogP contribution in [0.1, 0.15) is 40.5 Å². The standard InChI is InChI=1S/2C6H7.C3H6.2ClH.Ti/c2*1-6-4-2-3-5-6;1-3-2;;;/h2*2,4H,3H2,1H3;1-2H3;2*1H;/q;;;;;+2/p-2. The summed E-state index contributed by atoms with van der Waals surface area (Å²) in [4.78, 5) is 0. The zero-order valence-corrected chi connectivity index (χ0v) is 14.6. The van der Waals surface area contributed by atoms with E-state index in [-0.39, 0.29) is 24.8 Å². The van der Waals surface area contributed by atoms with Crippen LogP contribution in [0.15, 0.2) is 43.2 Å². The second-order valence-electron chi connectivity index (χ2n) is 4.91. The summed E-state index contributed by atoms with van der Waals surface area (Å²) in [6.45, 7) is 9.25. The molecule has 0 fully saturated rings. The van der Waals surface area contributed by atoms with Crippen LogP contribution in [0.4, 0.5) is 0 Å². The van der Waals surface area contributed by atoms with Crippen LogP contribution in [-0.4, -0.2) is 3.81 Å². The van der Waals surface area contributed by atoms with E-state index in [2.05, 4.69) is 52.0 Å². The monoisotopic (exact) mass is 318 g/mol. The molecule has 3 heteroatoms. The molecule has 0 unspecified atom stereocenters. The molecule has 2 rings (SSSR count). The number of hydrogen-bond donors (Lipinski definition) is 0. The Morgan fingerprint density at radius 1 is 0.889 bits per heavy atom. The van der Waals surface area contributed by atoms with Crippen LogP contribution >= 0.6 is 0 Å². The van der Waals surface area contributed by atoms with Crippen molar-refractivity contribution in [3.63, 3.8) is 0 Å². The molecule has 18 heavy (non-hydrogen) atoms. The van der Waals surface area contributed by atoms with Gasteiger partial charge < -0.3 is 24.8 Å². The Kier molecular flexibility index (Phi) is 7.70. The predicted octanol–water partition coefficient (Wildman–Crippen LogP) is -1.71. The number of allylic oxidation sites excluding steroid dienone is 8. The SMILES string of the molecule is CC1=[C]([Ti+2]([C]2=C(C)C=CC2)=[C](C)C)CC=C1.[Cl-].[Cl-]. The van der Waals surface area contributed by atoms with Gasteiger partial charge in [0.1, 0.15) is 0 Å². The second-order valence-corrected chi connectivity index (χ2v) is 9.53. The van der Waals surface area contributed by atoms with E-state index in [4.69, 9.17) is 0 Å². The molecule has 0 aromatic carbocycles. The van der Waals surface area contributed by atoms with Crippen molar-refractivity contribution >= 4 is 3.81 Å². The summed E-state index contributed by atoms with van der Waals surface area (Å²) in [5.74, 6) is 0. The van der Waals surface area contributed by atoms with E-state index in [1.807, 2.05) is 0 Å². The zero-order chi connectivity index (χ0) is 11.7. The Morgan fingerprint density at radius 3 is 1.50 bits per heavy atom. The molecular formula is C15H20Cl2Ti. The van der Waals surface area contributed by atoms with Crippen molar-refractivity contribution in [2.75, 3.05) is 0 Å². The molecule has 0 radical (unpaired) electrons. The fourth-order valence-corrected chi connectivity index (χ4v) is 7.57. The number of rotatable bonds is 2. The van der Waals surface area contributed by atoms with Crippen LogP contribution < -0.4 is 24.8 Å². The van der Waals surface area contributed by atoms with E-state index in [1.165, 1.54) is 12.8 Å². The van der Waals surface area contributed by atoms with Gasteiger partial charge >= 0.3 is 105 Å². The van der Waals surface area contributed by atoms with Gasteiger partial charge in [0.25, 0.3) is 0 Å². The molecule has 0 atom stereocenters. The van der Waals surface area contributed by atoms with Gasteiger partial charge in [-0.3, -0.25) is 0 Å². The summed E-state index contributed by atoms with van der Waals surface area (Å²) in [6, 6.07) is 0. The first-order chi connectivity index (χ1) is 7.61. The fraction of sp³-hybridized carbons (Fsp3) is 0.400. The van der Waals surface area contributed by atoms with E-state index in [0.29, 0.717) is 0 Å². The molecule has 0 amide bonds. The molecule has 0 aromatic heterocycles. The molecule has 0 spiro atoms.